The highest BCUT2D eigenvalue weighted by atomic mass is 16.5. The predicted octanol–water partition coefficient (Wildman–Crippen LogP) is 9.81. The minimum absolute atomic E-state index is 0.808. The molecule has 0 unspecified atom stereocenters. The molecule has 1 aliphatic heterocycles. The van der Waals surface area contributed by atoms with Crippen LogP contribution in [0.2, 0.25) is 0 Å². The van der Waals surface area contributed by atoms with Crippen molar-refractivity contribution in [2.75, 3.05) is 0 Å². The summed E-state index contributed by atoms with van der Waals surface area (Å²) in [7, 11) is 0. The number of allylic oxidation sites excluding steroid dienone is 6. The normalized spacial score (nSPS) is 16.2. The highest BCUT2D eigenvalue weighted by Gasteiger charge is 2.14. The molecule has 7 aromatic rings. The van der Waals surface area contributed by atoms with E-state index in [1.807, 2.05) is 48.7 Å². The van der Waals surface area contributed by atoms with Crippen molar-refractivity contribution >= 4 is 39.5 Å². The van der Waals surface area contributed by atoms with Crippen molar-refractivity contribution in [3.63, 3.8) is 0 Å². The van der Waals surface area contributed by atoms with Gasteiger partial charge in [-0.05, 0) is 82.1 Å². The Kier molecular flexibility index (Phi) is 7.70. The fraction of sp³-hybridized carbons (Fsp3) is 0. The average Bonchev–Trinajstić information content (AvgIpc) is 3.48. The van der Waals surface area contributed by atoms with Crippen LogP contribution in [0.15, 0.2) is 177 Å². The van der Waals surface area contributed by atoms with Crippen LogP contribution >= 0.6 is 0 Å². The summed E-state index contributed by atoms with van der Waals surface area (Å²) >= 11 is 0. The van der Waals surface area contributed by atoms with Gasteiger partial charge >= 0.3 is 0 Å². The molecule has 228 valence electrons. The van der Waals surface area contributed by atoms with E-state index in [0.717, 1.165) is 60.9 Å². The summed E-state index contributed by atoms with van der Waals surface area (Å²) in [6.07, 6.45) is 17.8. The van der Waals surface area contributed by atoms with Crippen LogP contribution in [0.1, 0.15) is 5.56 Å². The molecule has 5 aromatic carbocycles. The Hall–Kier alpha value is -6.45. The number of aromatic nitrogens is 2. The molecule has 0 aliphatic carbocycles. The van der Waals surface area contributed by atoms with E-state index in [-0.39, 0.29) is 0 Å². The number of fused-ring (bicyclic) bond motifs is 4. The van der Waals surface area contributed by atoms with Crippen LogP contribution in [-0.4, -0.2) is 9.55 Å². The zero-order chi connectivity index (χ0) is 32.3. The quantitative estimate of drug-likeness (QED) is 0.193. The molecule has 8 rings (SSSR count). The maximum absolute atomic E-state index is 6.03. The predicted molar refractivity (Wildman–Crippen MR) is 201 cm³/mol. The van der Waals surface area contributed by atoms with E-state index in [1.54, 1.807) is 12.3 Å². The summed E-state index contributed by atoms with van der Waals surface area (Å²) in [5.74, 6) is 0.808. The first-order valence-electron chi connectivity index (χ1n) is 16.1. The Bertz CT molecular complexity index is 2550. The molecule has 0 saturated carbocycles. The van der Waals surface area contributed by atoms with Crippen LogP contribution in [0.5, 0.6) is 5.75 Å². The van der Waals surface area contributed by atoms with Crippen molar-refractivity contribution < 1.29 is 4.74 Å². The van der Waals surface area contributed by atoms with Gasteiger partial charge in [-0.2, -0.15) is 0 Å². The number of ether oxygens (including phenoxy) is 1. The number of benzene rings is 5. The first kappa shape index (κ1) is 29.0. The second kappa shape index (κ2) is 12.7. The van der Waals surface area contributed by atoms with Crippen molar-refractivity contribution in [2.24, 2.45) is 0 Å². The zero-order valence-electron chi connectivity index (χ0n) is 26.3. The third-order valence-electron chi connectivity index (χ3n) is 8.76. The SMILES string of the molecule is C=C/C=c1/cccc2/c1=C\C=C\C(c1ccc3c(c1)c1ccccc1n3-c1cccc(-c3ccnc(-c4ccccc4)c3)c1)=C/C=C/O2. The van der Waals surface area contributed by atoms with Gasteiger partial charge in [0.1, 0.15) is 5.75 Å². The summed E-state index contributed by atoms with van der Waals surface area (Å²) < 4.78 is 8.40. The zero-order valence-corrected chi connectivity index (χ0v) is 26.3. The molecule has 0 fully saturated rings. The van der Waals surface area contributed by atoms with Gasteiger partial charge in [-0.1, -0.05) is 122 Å². The number of rotatable bonds is 5. The highest BCUT2D eigenvalue weighted by molar-refractivity contribution is 6.10. The first-order valence-corrected chi connectivity index (χ1v) is 16.1. The van der Waals surface area contributed by atoms with Crippen LogP contribution in [0.25, 0.3) is 67.6 Å². The van der Waals surface area contributed by atoms with Crippen LogP contribution in [-0.2, 0) is 0 Å². The minimum Gasteiger partial charge on any atom is -0.464 e. The van der Waals surface area contributed by atoms with E-state index in [1.165, 1.54) is 16.3 Å². The van der Waals surface area contributed by atoms with Crippen molar-refractivity contribution in [2.45, 2.75) is 0 Å². The molecule has 0 radical (unpaired) electrons. The Morgan fingerprint density at radius 3 is 2.35 bits per heavy atom. The van der Waals surface area contributed by atoms with Gasteiger partial charge in [0, 0.05) is 33.4 Å². The minimum atomic E-state index is 0.808. The van der Waals surface area contributed by atoms with Gasteiger partial charge < -0.3 is 9.30 Å². The van der Waals surface area contributed by atoms with Gasteiger partial charge in [-0.3, -0.25) is 4.98 Å². The van der Waals surface area contributed by atoms with Gasteiger partial charge in [-0.15, -0.1) is 0 Å². The fourth-order valence-corrected chi connectivity index (χ4v) is 6.50. The van der Waals surface area contributed by atoms with Crippen LogP contribution < -0.4 is 15.2 Å². The lowest BCUT2D eigenvalue weighted by Crippen LogP contribution is -2.25. The first-order chi connectivity index (χ1) is 23.8. The van der Waals surface area contributed by atoms with Gasteiger partial charge in [-0.25, -0.2) is 0 Å². The van der Waals surface area contributed by atoms with Crippen molar-refractivity contribution in [1.82, 2.24) is 9.55 Å². The van der Waals surface area contributed by atoms with Crippen LogP contribution in [0, 0.1) is 0 Å². The lowest BCUT2D eigenvalue weighted by atomic mass is 10.0. The maximum Gasteiger partial charge on any atom is 0.134 e. The third-order valence-corrected chi connectivity index (χ3v) is 8.76. The standard InChI is InChI=1S/C45H32N2O/c1-2-12-33-16-10-23-45-39(33)21-9-15-32(18-11-28-48-45)36-24-25-44-41(30-36)40-20-6-7-22-43(40)47(44)38-19-8-17-35(29-38)37-26-27-46-42(31-37)34-13-4-3-5-14-34/h2-31H,1H2/b15-9+,28-11+,32-18+,33-12-,39-21-. The van der Waals surface area contributed by atoms with E-state index < -0.39 is 0 Å². The molecule has 0 saturated heterocycles. The highest BCUT2D eigenvalue weighted by Crippen LogP contribution is 2.35. The average molecular weight is 617 g/mol. The Morgan fingerprint density at radius 1 is 0.625 bits per heavy atom. The van der Waals surface area contributed by atoms with Crippen LogP contribution in [0.3, 0.4) is 0 Å². The summed E-state index contributed by atoms with van der Waals surface area (Å²) in [4.78, 5) is 4.65. The summed E-state index contributed by atoms with van der Waals surface area (Å²) in [5.41, 5.74) is 10.0. The summed E-state index contributed by atoms with van der Waals surface area (Å²) in [6.45, 7) is 3.88. The molecule has 3 heteroatoms. The maximum atomic E-state index is 6.03. The third kappa shape index (κ3) is 5.48. The van der Waals surface area contributed by atoms with Gasteiger partial charge in [0.15, 0.2) is 0 Å². The van der Waals surface area contributed by atoms with E-state index >= 15 is 0 Å². The smallest absolute Gasteiger partial charge is 0.134 e. The summed E-state index contributed by atoms with van der Waals surface area (Å²) in [6, 6.07) is 44.8. The molecule has 3 nitrogen and oxygen atoms in total. The number of hydrogen-bond donors (Lipinski definition) is 0. The van der Waals surface area contributed by atoms with E-state index in [9.17, 15) is 0 Å². The summed E-state index contributed by atoms with van der Waals surface area (Å²) in [5, 5.41) is 4.49. The second-order valence-corrected chi connectivity index (χ2v) is 11.7. The van der Waals surface area contributed by atoms with Gasteiger partial charge in [0.25, 0.3) is 0 Å². The Balaban J connectivity index is 1.22. The molecule has 0 atom stereocenters. The van der Waals surface area contributed by atoms with Crippen molar-refractivity contribution in [3.8, 4) is 33.8 Å². The van der Waals surface area contributed by atoms with E-state index in [4.69, 9.17) is 4.74 Å². The molecule has 2 aromatic heterocycles. The molecule has 1 aliphatic rings. The number of pyridine rings is 1. The molecule has 3 heterocycles. The lowest BCUT2D eigenvalue weighted by Gasteiger charge is -2.11. The number of para-hydroxylation sites is 1. The van der Waals surface area contributed by atoms with Crippen LogP contribution in [0.4, 0.5) is 0 Å². The molecule has 0 amide bonds. The molecule has 0 bridgehead atoms. The second-order valence-electron chi connectivity index (χ2n) is 11.7. The molecule has 48 heavy (non-hydrogen) atoms. The Morgan fingerprint density at radius 2 is 1.44 bits per heavy atom. The molecule has 0 N–H and O–H groups in total. The Labute approximate surface area is 279 Å². The van der Waals surface area contributed by atoms with Crippen molar-refractivity contribution in [3.05, 3.63) is 193 Å². The molecule has 0 spiro atoms. The topological polar surface area (TPSA) is 27.1 Å². The lowest BCUT2D eigenvalue weighted by molar-refractivity contribution is 0.477. The van der Waals surface area contributed by atoms with E-state index in [0.29, 0.717) is 0 Å². The largest absolute Gasteiger partial charge is 0.464 e. The molecular weight excluding hydrogens is 585 g/mol. The van der Waals surface area contributed by atoms with Gasteiger partial charge in [0.05, 0.1) is 23.0 Å². The van der Waals surface area contributed by atoms with Gasteiger partial charge in [0.2, 0.25) is 0 Å². The fourth-order valence-electron chi connectivity index (χ4n) is 6.50. The number of hydrogen-bond acceptors (Lipinski definition) is 2. The number of nitrogens with zero attached hydrogens (tertiary/aromatic N) is 2. The molecular formula is C45H32N2O. The van der Waals surface area contributed by atoms with E-state index in [2.05, 4.69) is 137 Å². The monoisotopic (exact) mass is 616 g/mol. The van der Waals surface area contributed by atoms with Crippen molar-refractivity contribution in [1.29, 1.82) is 0 Å².